The molecule has 8 heteroatoms. The van der Waals surface area contributed by atoms with Crippen molar-refractivity contribution in [3.63, 3.8) is 0 Å². The summed E-state index contributed by atoms with van der Waals surface area (Å²) in [6.45, 7) is 6.97. The highest BCUT2D eigenvalue weighted by Crippen LogP contribution is 2.45. The van der Waals surface area contributed by atoms with Gasteiger partial charge in [0.15, 0.2) is 0 Å². The van der Waals surface area contributed by atoms with Crippen LogP contribution in [0.5, 0.6) is 0 Å². The van der Waals surface area contributed by atoms with Crippen LogP contribution in [0.25, 0.3) is 0 Å². The van der Waals surface area contributed by atoms with Gasteiger partial charge in [0.05, 0.1) is 17.1 Å². The number of hydrogen-bond acceptors (Lipinski definition) is 4. The summed E-state index contributed by atoms with van der Waals surface area (Å²) in [5.41, 5.74) is 1.36. The van der Waals surface area contributed by atoms with Gasteiger partial charge in [-0.1, -0.05) is 30.3 Å². The molecule has 0 aliphatic carbocycles. The molecule has 2 aromatic rings. The van der Waals surface area contributed by atoms with Crippen molar-refractivity contribution in [2.75, 3.05) is 28.2 Å². The van der Waals surface area contributed by atoms with Crippen molar-refractivity contribution in [1.29, 1.82) is 0 Å². The molecular weight excluding hydrogens is 414 g/mol. The highest BCUT2D eigenvalue weighted by atomic mass is 32.2. The van der Waals surface area contributed by atoms with Crippen LogP contribution in [-0.4, -0.2) is 44.6 Å². The fourth-order valence-corrected chi connectivity index (χ4v) is 5.95. The number of benzene rings is 2. The quantitative estimate of drug-likeness (QED) is 0.699. The third kappa shape index (κ3) is 4.35. The van der Waals surface area contributed by atoms with E-state index < -0.39 is 15.8 Å². The lowest BCUT2D eigenvalue weighted by Crippen LogP contribution is -2.47. The molecule has 4 rings (SSSR count). The molecule has 2 heterocycles. The molecule has 0 unspecified atom stereocenters. The number of anilines is 3. The fraction of sp³-hybridized carbons (Fsp3) is 0.435. The first-order chi connectivity index (χ1) is 14.7. The normalized spacial score (nSPS) is 20.5. The monoisotopic (exact) mass is 443 g/mol. The summed E-state index contributed by atoms with van der Waals surface area (Å²) in [5.74, 6) is 0.0276. The van der Waals surface area contributed by atoms with Gasteiger partial charge in [-0.2, -0.15) is 8.42 Å². The molecular formula is C23H29N3O4S. The first-order valence-corrected chi connectivity index (χ1v) is 12.0. The maximum atomic E-state index is 13.6. The topological polar surface area (TPSA) is 70.2 Å². The molecule has 166 valence electrons. The predicted molar refractivity (Wildman–Crippen MR) is 122 cm³/mol. The van der Waals surface area contributed by atoms with Gasteiger partial charge in [-0.3, -0.25) is 4.31 Å². The number of carbonyl (C=O) groups is 1. The third-order valence-electron chi connectivity index (χ3n) is 5.46. The summed E-state index contributed by atoms with van der Waals surface area (Å²) in [6, 6.07) is 16.5. The van der Waals surface area contributed by atoms with E-state index in [1.807, 2.05) is 63.2 Å². The van der Waals surface area contributed by atoms with Crippen molar-refractivity contribution >= 4 is 33.4 Å². The van der Waals surface area contributed by atoms with Gasteiger partial charge >= 0.3 is 16.3 Å². The number of likely N-dealkylation sites (tertiary alicyclic amines) is 1. The summed E-state index contributed by atoms with van der Waals surface area (Å²) in [6.07, 6.45) is 1.34. The largest absolute Gasteiger partial charge is 0.444 e. The van der Waals surface area contributed by atoms with Crippen molar-refractivity contribution in [3.8, 4) is 0 Å². The maximum absolute atomic E-state index is 13.6. The van der Waals surface area contributed by atoms with E-state index in [0.29, 0.717) is 36.7 Å². The Morgan fingerprint density at radius 1 is 1.03 bits per heavy atom. The lowest BCUT2D eigenvalue weighted by Gasteiger charge is -2.35. The van der Waals surface area contributed by atoms with Crippen molar-refractivity contribution < 1.29 is 17.9 Å². The SMILES string of the molecule is CC(C)(C)OC(=O)N1CCC[C@@H](CN2c3ccccc3N(c3ccccc3)S2(=O)=O)C1. The standard InChI is InChI=1S/C23H29N3O4S/c1-23(2,3)30-22(27)24-15-9-10-18(16-24)17-25-20-13-7-8-14-21(20)26(31(25,28)29)19-11-5-4-6-12-19/h4-8,11-14,18H,9-10,15-17H2,1-3H3/t18-/m1/s1. The van der Waals surface area contributed by atoms with E-state index >= 15 is 0 Å². The Kier molecular flexibility index (Phi) is 5.60. The lowest BCUT2D eigenvalue weighted by molar-refractivity contribution is 0.0171. The van der Waals surface area contributed by atoms with E-state index in [1.165, 1.54) is 8.61 Å². The van der Waals surface area contributed by atoms with Crippen LogP contribution < -0.4 is 8.61 Å². The van der Waals surface area contributed by atoms with Gasteiger partial charge in [0.1, 0.15) is 5.60 Å². The number of ether oxygens (including phenoxy) is 1. The van der Waals surface area contributed by atoms with Crippen molar-refractivity contribution in [2.24, 2.45) is 5.92 Å². The summed E-state index contributed by atoms with van der Waals surface area (Å²) in [7, 11) is -3.77. The Morgan fingerprint density at radius 3 is 2.35 bits per heavy atom. The molecule has 0 N–H and O–H groups in total. The zero-order chi connectivity index (χ0) is 22.2. The van der Waals surface area contributed by atoms with Gasteiger partial charge in [-0.25, -0.2) is 9.10 Å². The molecule has 2 aliphatic rings. The van der Waals surface area contributed by atoms with E-state index in [9.17, 15) is 13.2 Å². The van der Waals surface area contributed by atoms with Gasteiger partial charge in [0.25, 0.3) is 0 Å². The van der Waals surface area contributed by atoms with Crippen LogP contribution in [0.1, 0.15) is 33.6 Å². The van der Waals surface area contributed by atoms with Crippen LogP contribution in [0.3, 0.4) is 0 Å². The number of para-hydroxylation sites is 3. The van der Waals surface area contributed by atoms with Crippen LogP contribution in [0, 0.1) is 5.92 Å². The van der Waals surface area contributed by atoms with Crippen molar-refractivity contribution in [2.45, 2.75) is 39.2 Å². The summed E-state index contributed by atoms with van der Waals surface area (Å²) in [5, 5.41) is 0. The molecule has 1 saturated heterocycles. The Bertz CT molecular complexity index is 1050. The molecule has 1 amide bonds. The average molecular weight is 444 g/mol. The molecule has 31 heavy (non-hydrogen) atoms. The molecule has 7 nitrogen and oxygen atoms in total. The number of nitrogens with zero attached hydrogens (tertiary/aromatic N) is 3. The van der Waals surface area contributed by atoms with E-state index in [1.54, 1.807) is 17.0 Å². The smallest absolute Gasteiger partial charge is 0.410 e. The zero-order valence-electron chi connectivity index (χ0n) is 18.2. The Hall–Kier alpha value is -2.74. The second-order valence-electron chi connectivity index (χ2n) is 9.06. The predicted octanol–water partition coefficient (Wildman–Crippen LogP) is 4.54. The van der Waals surface area contributed by atoms with Gasteiger partial charge < -0.3 is 9.64 Å². The average Bonchev–Trinajstić information content (AvgIpc) is 2.94. The maximum Gasteiger partial charge on any atom is 0.410 e. The molecule has 0 aromatic heterocycles. The highest BCUT2D eigenvalue weighted by Gasteiger charge is 2.42. The minimum absolute atomic E-state index is 0.0276. The van der Waals surface area contributed by atoms with Gasteiger partial charge in [-0.15, -0.1) is 0 Å². The molecule has 0 radical (unpaired) electrons. The van der Waals surface area contributed by atoms with Crippen LogP contribution in [-0.2, 0) is 14.9 Å². The number of fused-ring (bicyclic) bond motifs is 1. The number of hydrogen-bond donors (Lipinski definition) is 0. The number of amides is 1. The summed E-state index contributed by atoms with van der Waals surface area (Å²) >= 11 is 0. The van der Waals surface area contributed by atoms with E-state index in [0.717, 1.165) is 12.8 Å². The van der Waals surface area contributed by atoms with E-state index in [4.69, 9.17) is 4.74 Å². The van der Waals surface area contributed by atoms with E-state index in [-0.39, 0.29) is 12.0 Å². The third-order valence-corrected chi connectivity index (χ3v) is 7.24. The molecule has 2 aromatic carbocycles. The molecule has 1 atom stereocenters. The van der Waals surface area contributed by atoms with Gasteiger partial charge in [0.2, 0.25) is 0 Å². The summed E-state index contributed by atoms with van der Waals surface area (Å²) in [4.78, 5) is 14.2. The van der Waals surface area contributed by atoms with Crippen molar-refractivity contribution in [1.82, 2.24) is 4.90 Å². The molecule has 0 spiro atoms. The fourth-order valence-electron chi connectivity index (χ4n) is 4.16. The first-order valence-electron chi connectivity index (χ1n) is 10.6. The Labute approximate surface area is 184 Å². The highest BCUT2D eigenvalue weighted by molar-refractivity contribution is 7.95. The summed E-state index contributed by atoms with van der Waals surface area (Å²) < 4.78 is 35.5. The van der Waals surface area contributed by atoms with E-state index in [2.05, 4.69) is 0 Å². The number of piperidine rings is 1. The minimum atomic E-state index is -3.77. The Morgan fingerprint density at radius 2 is 1.68 bits per heavy atom. The molecule has 2 aliphatic heterocycles. The second-order valence-corrected chi connectivity index (χ2v) is 10.8. The Balaban J connectivity index is 1.58. The molecule has 0 bridgehead atoms. The van der Waals surface area contributed by atoms with Crippen LogP contribution >= 0.6 is 0 Å². The second kappa shape index (κ2) is 8.07. The number of carbonyl (C=O) groups excluding carboxylic acids is 1. The molecule has 0 saturated carbocycles. The number of rotatable bonds is 3. The lowest BCUT2D eigenvalue weighted by atomic mass is 9.98. The van der Waals surface area contributed by atoms with Gasteiger partial charge in [-0.05, 0) is 63.8 Å². The first kappa shape index (κ1) is 21.5. The zero-order valence-corrected chi connectivity index (χ0v) is 19.0. The van der Waals surface area contributed by atoms with Crippen LogP contribution in [0.15, 0.2) is 54.6 Å². The minimum Gasteiger partial charge on any atom is -0.444 e. The van der Waals surface area contributed by atoms with Gasteiger partial charge in [0, 0.05) is 19.6 Å². The molecule has 1 fully saturated rings. The van der Waals surface area contributed by atoms with Crippen LogP contribution in [0.2, 0.25) is 0 Å². The van der Waals surface area contributed by atoms with Crippen LogP contribution in [0.4, 0.5) is 21.9 Å². The van der Waals surface area contributed by atoms with Crippen molar-refractivity contribution in [3.05, 3.63) is 54.6 Å².